The molecular weight excluding hydrogens is 320 g/mol. The number of amides is 1. The molecule has 3 rings (SSSR count). The van der Waals surface area contributed by atoms with Crippen LogP contribution in [-0.4, -0.2) is 17.6 Å². The number of aromatic nitrogens is 1. The first-order valence-electron chi connectivity index (χ1n) is 7.82. The van der Waals surface area contributed by atoms with Crippen molar-refractivity contribution in [3.63, 3.8) is 0 Å². The summed E-state index contributed by atoms with van der Waals surface area (Å²) >= 11 is 1.65. The van der Waals surface area contributed by atoms with Crippen LogP contribution in [0.1, 0.15) is 22.9 Å². The zero-order valence-corrected chi connectivity index (χ0v) is 14.3. The molecule has 3 aromatic rings. The zero-order valence-electron chi connectivity index (χ0n) is 13.5. The van der Waals surface area contributed by atoms with Crippen LogP contribution in [-0.2, 0) is 11.3 Å². The van der Waals surface area contributed by atoms with Gasteiger partial charge in [-0.15, -0.1) is 11.3 Å². The van der Waals surface area contributed by atoms with Gasteiger partial charge in [0.2, 0.25) is 5.91 Å². The molecule has 1 atom stereocenters. The molecular formula is C19H20N2O2S. The van der Waals surface area contributed by atoms with Crippen molar-refractivity contribution in [3.05, 3.63) is 76.7 Å². The van der Waals surface area contributed by atoms with Crippen LogP contribution in [0.15, 0.2) is 66.3 Å². The molecule has 1 amide bonds. The van der Waals surface area contributed by atoms with Gasteiger partial charge < -0.3 is 14.6 Å². The van der Waals surface area contributed by atoms with Crippen molar-refractivity contribution in [1.29, 1.82) is 0 Å². The fourth-order valence-corrected chi connectivity index (χ4v) is 3.29. The van der Waals surface area contributed by atoms with Crippen molar-refractivity contribution in [2.45, 2.75) is 19.0 Å². The largest absolute Gasteiger partial charge is 0.497 e. The summed E-state index contributed by atoms with van der Waals surface area (Å²) in [6.07, 6.45) is 4.35. The van der Waals surface area contributed by atoms with Crippen LogP contribution >= 0.6 is 11.3 Å². The minimum atomic E-state index is -0.0570. The molecule has 24 heavy (non-hydrogen) atoms. The predicted molar refractivity (Wildman–Crippen MR) is 96.3 cm³/mol. The summed E-state index contributed by atoms with van der Waals surface area (Å²) in [6, 6.07) is 15.8. The van der Waals surface area contributed by atoms with Crippen LogP contribution < -0.4 is 10.1 Å². The summed E-state index contributed by atoms with van der Waals surface area (Å²) in [5, 5.41) is 5.02. The van der Waals surface area contributed by atoms with Crippen LogP contribution in [0.3, 0.4) is 0 Å². The van der Waals surface area contributed by atoms with Crippen LogP contribution in [0.25, 0.3) is 0 Å². The fourth-order valence-electron chi connectivity index (χ4n) is 2.65. The second kappa shape index (κ2) is 7.84. The number of carbonyl (C=O) groups is 1. The molecule has 5 heteroatoms. The Balaban J connectivity index is 1.74. The molecule has 0 saturated carbocycles. The molecule has 4 nitrogen and oxygen atoms in total. The van der Waals surface area contributed by atoms with E-state index in [0.717, 1.165) is 16.2 Å². The Labute approximate surface area is 145 Å². The van der Waals surface area contributed by atoms with E-state index in [1.807, 2.05) is 66.3 Å². The quantitative estimate of drug-likeness (QED) is 0.710. The molecule has 0 aliphatic heterocycles. The van der Waals surface area contributed by atoms with Crippen LogP contribution in [0.2, 0.25) is 0 Å². The molecule has 2 heterocycles. The van der Waals surface area contributed by atoms with E-state index in [-0.39, 0.29) is 11.9 Å². The summed E-state index contributed by atoms with van der Waals surface area (Å²) in [5.74, 6) is 0.827. The van der Waals surface area contributed by atoms with Gasteiger partial charge in [-0.25, -0.2) is 0 Å². The Kier molecular flexibility index (Phi) is 5.33. The molecule has 0 saturated heterocycles. The number of methoxy groups -OCH3 is 1. The van der Waals surface area contributed by atoms with Gasteiger partial charge in [0.15, 0.2) is 0 Å². The number of hydrogen-bond donors (Lipinski definition) is 1. The summed E-state index contributed by atoms with van der Waals surface area (Å²) in [7, 11) is 1.65. The lowest BCUT2D eigenvalue weighted by Gasteiger charge is -2.20. The van der Waals surface area contributed by atoms with E-state index < -0.39 is 0 Å². The second-order valence-corrected chi connectivity index (χ2v) is 6.52. The highest BCUT2D eigenvalue weighted by atomic mass is 32.1. The molecule has 124 valence electrons. The van der Waals surface area contributed by atoms with Gasteiger partial charge in [0.25, 0.3) is 0 Å². The van der Waals surface area contributed by atoms with Gasteiger partial charge in [-0.2, -0.15) is 0 Å². The van der Waals surface area contributed by atoms with Gasteiger partial charge in [-0.1, -0.05) is 18.2 Å². The first-order chi connectivity index (χ1) is 11.8. The van der Waals surface area contributed by atoms with Crippen LogP contribution in [0, 0.1) is 0 Å². The molecule has 0 unspecified atom stereocenters. The number of nitrogens with zero attached hydrogens (tertiary/aromatic N) is 1. The molecule has 2 aromatic heterocycles. The van der Waals surface area contributed by atoms with Gasteiger partial charge in [0.1, 0.15) is 5.75 Å². The van der Waals surface area contributed by atoms with E-state index in [1.54, 1.807) is 18.4 Å². The number of benzene rings is 1. The minimum absolute atomic E-state index is 0.0323. The standard InChI is InChI=1S/C19H20N2O2S/c1-23-16-7-4-6-15(12-16)18(21-9-2-3-10-21)13-19(22)20-14-17-8-5-11-24-17/h2-12,18H,13-14H2,1H3,(H,20,22)/t18-/m1/s1. The van der Waals surface area contributed by atoms with Crippen molar-refractivity contribution >= 4 is 17.2 Å². The number of hydrogen-bond acceptors (Lipinski definition) is 3. The average Bonchev–Trinajstić information content (AvgIpc) is 3.31. The molecule has 1 aromatic carbocycles. The zero-order chi connectivity index (χ0) is 16.8. The summed E-state index contributed by atoms with van der Waals surface area (Å²) < 4.78 is 7.37. The van der Waals surface area contributed by atoms with Crippen molar-refractivity contribution in [2.24, 2.45) is 0 Å². The summed E-state index contributed by atoms with van der Waals surface area (Å²) in [6.45, 7) is 0.576. The van der Waals surface area contributed by atoms with Gasteiger partial charge >= 0.3 is 0 Å². The number of nitrogens with one attached hydrogen (secondary N) is 1. The van der Waals surface area contributed by atoms with Gasteiger partial charge in [-0.05, 0) is 41.3 Å². The normalized spacial score (nSPS) is 11.9. The fraction of sp³-hybridized carbons (Fsp3) is 0.211. The molecule has 0 fully saturated rings. The molecule has 0 spiro atoms. The lowest BCUT2D eigenvalue weighted by molar-refractivity contribution is -0.121. The van der Waals surface area contributed by atoms with E-state index in [0.29, 0.717) is 13.0 Å². The predicted octanol–water partition coefficient (Wildman–Crippen LogP) is 3.85. The molecule has 1 N–H and O–H groups in total. The molecule has 0 aliphatic rings. The Morgan fingerprint density at radius 3 is 2.75 bits per heavy atom. The SMILES string of the molecule is COc1cccc([C@@H](CC(=O)NCc2cccs2)n2cccc2)c1. The highest BCUT2D eigenvalue weighted by Crippen LogP contribution is 2.25. The van der Waals surface area contributed by atoms with E-state index in [1.165, 1.54) is 0 Å². The Bertz CT molecular complexity index is 767. The number of carbonyl (C=O) groups excluding carboxylic acids is 1. The average molecular weight is 340 g/mol. The van der Waals surface area contributed by atoms with Crippen LogP contribution in [0.5, 0.6) is 5.75 Å². The third-order valence-electron chi connectivity index (χ3n) is 3.88. The Morgan fingerprint density at radius 1 is 1.21 bits per heavy atom. The second-order valence-electron chi connectivity index (χ2n) is 5.48. The number of rotatable bonds is 7. The summed E-state index contributed by atoms with van der Waals surface area (Å²) in [5.41, 5.74) is 1.05. The molecule has 0 bridgehead atoms. The van der Waals surface area contributed by atoms with E-state index >= 15 is 0 Å². The van der Waals surface area contributed by atoms with E-state index in [9.17, 15) is 4.79 Å². The lowest BCUT2D eigenvalue weighted by Crippen LogP contribution is -2.26. The topological polar surface area (TPSA) is 43.3 Å². The van der Waals surface area contributed by atoms with E-state index in [4.69, 9.17) is 4.74 Å². The first kappa shape index (κ1) is 16.3. The van der Waals surface area contributed by atoms with Gasteiger partial charge in [0.05, 0.1) is 26.1 Å². The number of ether oxygens (including phenoxy) is 1. The maximum absolute atomic E-state index is 12.4. The van der Waals surface area contributed by atoms with Crippen molar-refractivity contribution in [3.8, 4) is 5.75 Å². The Hall–Kier alpha value is -2.53. The Morgan fingerprint density at radius 2 is 2.04 bits per heavy atom. The molecule has 0 aliphatic carbocycles. The minimum Gasteiger partial charge on any atom is -0.497 e. The monoisotopic (exact) mass is 340 g/mol. The van der Waals surface area contributed by atoms with Gasteiger partial charge in [-0.3, -0.25) is 4.79 Å². The van der Waals surface area contributed by atoms with Crippen molar-refractivity contribution in [2.75, 3.05) is 7.11 Å². The lowest BCUT2D eigenvalue weighted by atomic mass is 10.0. The molecule has 0 radical (unpaired) electrons. The maximum Gasteiger partial charge on any atom is 0.222 e. The summed E-state index contributed by atoms with van der Waals surface area (Å²) in [4.78, 5) is 13.6. The highest BCUT2D eigenvalue weighted by molar-refractivity contribution is 7.09. The number of thiophene rings is 1. The highest BCUT2D eigenvalue weighted by Gasteiger charge is 2.18. The van der Waals surface area contributed by atoms with E-state index in [2.05, 4.69) is 9.88 Å². The van der Waals surface area contributed by atoms with Crippen molar-refractivity contribution < 1.29 is 9.53 Å². The smallest absolute Gasteiger partial charge is 0.222 e. The third-order valence-corrected chi connectivity index (χ3v) is 4.76. The first-order valence-corrected chi connectivity index (χ1v) is 8.69. The van der Waals surface area contributed by atoms with Crippen LogP contribution in [0.4, 0.5) is 0 Å². The third kappa shape index (κ3) is 4.06. The van der Waals surface area contributed by atoms with Crippen molar-refractivity contribution in [1.82, 2.24) is 9.88 Å². The van der Waals surface area contributed by atoms with Gasteiger partial charge in [0, 0.05) is 17.3 Å². The maximum atomic E-state index is 12.4.